The highest BCUT2D eigenvalue weighted by Crippen LogP contribution is 2.14. The molecule has 1 amide bonds. The number of amides is 1. The summed E-state index contributed by atoms with van der Waals surface area (Å²) < 4.78 is 26.4. The van der Waals surface area contributed by atoms with Crippen molar-refractivity contribution in [3.05, 3.63) is 24.4 Å². The fourth-order valence-corrected chi connectivity index (χ4v) is 4.71. The number of carbonyl (C=O) groups excluding carboxylic acids is 1. The summed E-state index contributed by atoms with van der Waals surface area (Å²) in [6.07, 6.45) is 1.81. The van der Waals surface area contributed by atoms with Crippen molar-refractivity contribution in [3.8, 4) is 0 Å². The predicted octanol–water partition coefficient (Wildman–Crippen LogP) is -0.302. The molecule has 0 aromatic carbocycles. The van der Waals surface area contributed by atoms with Crippen LogP contribution in [-0.2, 0) is 14.8 Å². The van der Waals surface area contributed by atoms with Crippen molar-refractivity contribution >= 4 is 21.7 Å². The summed E-state index contributed by atoms with van der Waals surface area (Å²) >= 11 is 0. The van der Waals surface area contributed by atoms with E-state index in [1.54, 1.807) is 11.1 Å². The van der Waals surface area contributed by atoms with Gasteiger partial charge in [-0.2, -0.15) is 4.31 Å². The van der Waals surface area contributed by atoms with Crippen molar-refractivity contribution in [1.82, 2.24) is 19.1 Å². The molecule has 0 saturated carbocycles. The molecule has 2 fully saturated rings. The van der Waals surface area contributed by atoms with E-state index in [1.165, 1.54) is 4.31 Å². The second kappa shape index (κ2) is 8.32. The van der Waals surface area contributed by atoms with E-state index in [2.05, 4.69) is 14.8 Å². The zero-order valence-electron chi connectivity index (χ0n) is 15.2. The maximum atomic E-state index is 12.4. The Kier molecular flexibility index (Phi) is 6.10. The number of sulfonamides is 1. The van der Waals surface area contributed by atoms with Crippen molar-refractivity contribution < 1.29 is 13.2 Å². The Balaban J connectivity index is 1.46. The lowest BCUT2D eigenvalue weighted by Crippen LogP contribution is -2.50. The van der Waals surface area contributed by atoms with Crippen molar-refractivity contribution in [1.29, 1.82) is 0 Å². The fourth-order valence-electron chi connectivity index (χ4n) is 3.30. The zero-order chi connectivity index (χ0) is 18.6. The van der Waals surface area contributed by atoms with E-state index in [-0.39, 0.29) is 18.1 Å². The van der Waals surface area contributed by atoms with Crippen molar-refractivity contribution in [2.45, 2.75) is 6.42 Å². The molecular formula is C17H27N5O3S. The van der Waals surface area contributed by atoms with Gasteiger partial charge in [-0.25, -0.2) is 13.4 Å². The first-order chi connectivity index (χ1) is 12.5. The first kappa shape index (κ1) is 19.1. The number of aromatic nitrogens is 1. The minimum absolute atomic E-state index is 0.0538. The average molecular weight is 382 g/mol. The van der Waals surface area contributed by atoms with Crippen LogP contribution in [0.25, 0.3) is 0 Å². The minimum atomic E-state index is -3.36. The normalized spacial score (nSPS) is 20.3. The molecule has 0 radical (unpaired) electrons. The van der Waals surface area contributed by atoms with Crippen LogP contribution in [-0.4, -0.2) is 98.6 Å². The number of hydrogen-bond donors (Lipinski definition) is 0. The molecule has 144 valence electrons. The molecule has 0 bridgehead atoms. The number of pyridine rings is 1. The molecule has 0 spiro atoms. The molecule has 0 aliphatic carbocycles. The number of hydrogen-bond acceptors (Lipinski definition) is 6. The maximum Gasteiger partial charge on any atom is 0.223 e. The Bertz CT molecular complexity index is 696. The van der Waals surface area contributed by atoms with Crippen LogP contribution in [0.4, 0.5) is 5.82 Å². The van der Waals surface area contributed by atoms with Gasteiger partial charge in [0, 0.05) is 65.0 Å². The van der Waals surface area contributed by atoms with Gasteiger partial charge in [-0.3, -0.25) is 4.79 Å². The number of piperazine rings is 2. The van der Waals surface area contributed by atoms with Gasteiger partial charge in [-0.15, -0.1) is 0 Å². The zero-order valence-corrected chi connectivity index (χ0v) is 16.1. The van der Waals surface area contributed by atoms with Crippen LogP contribution in [0.5, 0.6) is 0 Å². The molecule has 0 unspecified atom stereocenters. The van der Waals surface area contributed by atoms with Crippen LogP contribution in [0, 0.1) is 0 Å². The van der Waals surface area contributed by atoms with Crippen molar-refractivity contribution in [3.63, 3.8) is 0 Å². The topological polar surface area (TPSA) is 77.1 Å². The van der Waals surface area contributed by atoms with E-state index < -0.39 is 10.0 Å². The summed E-state index contributed by atoms with van der Waals surface area (Å²) in [5.41, 5.74) is 0. The molecule has 26 heavy (non-hydrogen) atoms. The molecular weight excluding hydrogens is 354 g/mol. The highest BCUT2D eigenvalue weighted by Gasteiger charge is 2.28. The Morgan fingerprint density at radius 1 is 1.04 bits per heavy atom. The molecule has 9 heteroatoms. The van der Waals surface area contributed by atoms with Gasteiger partial charge < -0.3 is 14.7 Å². The van der Waals surface area contributed by atoms with Gasteiger partial charge in [0.15, 0.2) is 0 Å². The van der Waals surface area contributed by atoms with Gasteiger partial charge in [0.05, 0.1) is 5.75 Å². The van der Waals surface area contributed by atoms with E-state index in [0.717, 1.165) is 18.9 Å². The molecule has 1 aromatic heterocycles. The van der Waals surface area contributed by atoms with E-state index in [4.69, 9.17) is 0 Å². The third kappa shape index (κ3) is 4.72. The highest BCUT2D eigenvalue weighted by molar-refractivity contribution is 7.89. The Labute approximate surface area is 155 Å². The monoisotopic (exact) mass is 381 g/mol. The third-order valence-corrected chi connectivity index (χ3v) is 6.91. The minimum Gasteiger partial charge on any atom is -0.353 e. The molecule has 0 atom stereocenters. The third-order valence-electron chi connectivity index (χ3n) is 5.04. The fraction of sp³-hybridized carbons (Fsp3) is 0.647. The Morgan fingerprint density at radius 3 is 2.35 bits per heavy atom. The molecule has 2 aliphatic rings. The van der Waals surface area contributed by atoms with Crippen molar-refractivity contribution in [2.75, 3.05) is 70.1 Å². The van der Waals surface area contributed by atoms with Crippen molar-refractivity contribution in [2.24, 2.45) is 0 Å². The predicted molar refractivity (Wildman–Crippen MR) is 101 cm³/mol. The van der Waals surface area contributed by atoms with Gasteiger partial charge in [-0.1, -0.05) is 6.07 Å². The number of rotatable bonds is 5. The van der Waals surface area contributed by atoms with Gasteiger partial charge in [0.2, 0.25) is 15.9 Å². The van der Waals surface area contributed by atoms with Gasteiger partial charge in [0.25, 0.3) is 0 Å². The first-order valence-corrected chi connectivity index (χ1v) is 10.7. The summed E-state index contributed by atoms with van der Waals surface area (Å²) in [7, 11) is -1.37. The summed E-state index contributed by atoms with van der Waals surface area (Å²) in [5.74, 6) is 0.733. The summed E-state index contributed by atoms with van der Waals surface area (Å²) in [6, 6.07) is 5.78. The second-order valence-electron chi connectivity index (χ2n) is 6.82. The molecule has 2 saturated heterocycles. The lowest BCUT2D eigenvalue weighted by Gasteiger charge is -2.35. The van der Waals surface area contributed by atoms with Gasteiger partial charge in [-0.05, 0) is 19.2 Å². The number of likely N-dealkylation sites (N-methyl/N-ethyl adjacent to an activating group) is 1. The Morgan fingerprint density at radius 2 is 1.73 bits per heavy atom. The first-order valence-electron chi connectivity index (χ1n) is 9.06. The lowest BCUT2D eigenvalue weighted by molar-refractivity contribution is -0.131. The molecule has 1 aromatic rings. The average Bonchev–Trinajstić information content (AvgIpc) is 2.67. The van der Waals surface area contributed by atoms with Crippen LogP contribution >= 0.6 is 0 Å². The number of carbonyl (C=O) groups is 1. The number of nitrogens with zero attached hydrogens (tertiary/aromatic N) is 5. The van der Waals surface area contributed by atoms with Gasteiger partial charge in [0.1, 0.15) is 5.82 Å². The Hall–Kier alpha value is -1.71. The van der Waals surface area contributed by atoms with E-state index in [1.807, 2.05) is 25.2 Å². The summed E-state index contributed by atoms with van der Waals surface area (Å²) in [4.78, 5) is 22.8. The largest absolute Gasteiger partial charge is 0.353 e. The van der Waals surface area contributed by atoms with E-state index >= 15 is 0 Å². The summed E-state index contributed by atoms with van der Waals surface area (Å²) in [5, 5.41) is 0. The van der Waals surface area contributed by atoms with E-state index in [0.29, 0.717) is 39.3 Å². The number of anilines is 1. The van der Waals surface area contributed by atoms with Crippen LogP contribution in [0.2, 0.25) is 0 Å². The molecule has 2 aliphatic heterocycles. The highest BCUT2D eigenvalue weighted by atomic mass is 32.2. The van der Waals surface area contributed by atoms with Crippen LogP contribution < -0.4 is 4.90 Å². The standard InChI is InChI=1S/C17H27N5O3S/c1-19-7-13-22(14-8-19)26(24,25)15-5-17(23)21-11-9-20(10-12-21)16-4-2-3-6-18-16/h2-4,6H,5,7-15H2,1H3. The molecule has 3 heterocycles. The lowest BCUT2D eigenvalue weighted by atomic mass is 10.3. The van der Waals surface area contributed by atoms with Gasteiger partial charge >= 0.3 is 0 Å². The molecule has 8 nitrogen and oxygen atoms in total. The summed E-state index contributed by atoms with van der Waals surface area (Å²) in [6.45, 7) is 5.13. The SMILES string of the molecule is CN1CCN(S(=O)(=O)CCC(=O)N2CCN(c3ccccn3)CC2)CC1. The smallest absolute Gasteiger partial charge is 0.223 e. The van der Waals surface area contributed by atoms with E-state index in [9.17, 15) is 13.2 Å². The quantitative estimate of drug-likeness (QED) is 0.697. The molecule has 0 N–H and O–H groups in total. The van der Waals surface area contributed by atoms with Crippen LogP contribution in [0.1, 0.15) is 6.42 Å². The van der Waals surface area contributed by atoms with Crippen LogP contribution in [0.3, 0.4) is 0 Å². The molecule has 3 rings (SSSR count). The second-order valence-corrected chi connectivity index (χ2v) is 8.91. The maximum absolute atomic E-state index is 12.4. The van der Waals surface area contributed by atoms with Crippen LogP contribution in [0.15, 0.2) is 24.4 Å².